The summed E-state index contributed by atoms with van der Waals surface area (Å²) in [6.07, 6.45) is 1.71. The minimum absolute atomic E-state index is 0.0152. The molecule has 0 radical (unpaired) electrons. The summed E-state index contributed by atoms with van der Waals surface area (Å²) in [4.78, 5) is 14.7. The van der Waals surface area contributed by atoms with Gasteiger partial charge in [0.15, 0.2) is 5.16 Å². The Morgan fingerprint density at radius 2 is 1.92 bits per heavy atom. The van der Waals surface area contributed by atoms with Crippen LogP contribution in [0.1, 0.15) is 45.3 Å². The predicted molar refractivity (Wildman–Crippen MR) is 106 cm³/mol. The van der Waals surface area contributed by atoms with Gasteiger partial charge in [-0.3, -0.25) is 9.69 Å². The molecule has 2 rings (SSSR count). The van der Waals surface area contributed by atoms with Crippen LogP contribution in [0.5, 0.6) is 0 Å². The largest absolute Gasteiger partial charge is 0.353 e. The number of aromatic nitrogens is 3. The second-order valence-corrected chi connectivity index (χ2v) is 7.30. The summed E-state index contributed by atoms with van der Waals surface area (Å²) in [6, 6.07) is 10.8. The lowest BCUT2D eigenvalue weighted by Crippen LogP contribution is -2.38. The van der Waals surface area contributed by atoms with E-state index in [-0.39, 0.29) is 18.0 Å². The van der Waals surface area contributed by atoms with Gasteiger partial charge < -0.3 is 9.88 Å². The third-order valence-corrected chi connectivity index (χ3v) is 5.32. The Hall–Kier alpha value is -1.86. The van der Waals surface area contributed by atoms with E-state index in [4.69, 9.17) is 0 Å². The van der Waals surface area contributed by atoms with Gasteiger partial charge in [0.25, 0.3) is 0 Å². The van der Waals surface area contributed by atoms with E-state index in [0.29, 0.717) is 12.3 Å². The van der Waals surface area contributed by atoms with Crippen molar-refractivity contribution in [1.29, 1.82) is 0 Å². The number of carbonyl (C=O) groups is 1. The van der Waals surface area contributed by atoms with Crippen LogP contribution in [-0.4, -0.2) is 51.0 Å². The molecule has 1 aromatic carbocycles. The van der Waals surface area contributed by atoms with Gasteiger partial charge in [-0.25, -0.2) is 0 Å². The molecule has 7 heteroatoms. The van der Waals surface area contributed by atoms with E-state index in [9.17, 15) is 4.79 Å². The second kappa shape index (κ2) is 10.3. The van der Waals surface area contributed by atoms with Crippen molar-refractivity contribution in [1.82, 2.24) is 25.0 Å². The van der Waals surface area contributed by atoms with Crippen molar-refractivity contribution < 1.29 is 4.79 Å². The van der Waals surface area contributed by atoms with Gasteiger partial charge in [0.1, 0.15) is 6.33 Å². The molecular formula is C19H29N5OS. The maximum atomic E-state index is 12.3. The van der Waals surface area contributed by atoms with E-state index in [1.54, 1.807) is 6.33 Å². The molecule has 0 saturated heterocycles. The molecule has 1 unspecified atom stereocenters. The standard InChI is InChI=1S/C19H29N5OS/c1-5-23(6-2)17(16-10-8-7-9-11-16)12-20-18(25)13-26-19-22-21-14-24(19)15(3)4/h7-11,14-15,17H,5-6,12-13H2,1-4H3,(H,20,25). The van der Waals surface area contributed by atoms with Crippen molar-refractivity contribution in [2.45, 2.75) is 44.9 Å². The topological polar surface area (TPSA) is 63.1 Å². The number of hydrogen-bond donors (Lipinski definition) is 1. The first-order chi connectivity index (χ1) is 12.6. The molecule has 0 aliphatic heterocycles. The van der Waals surface area contributed by atoms with Gasteiger partial charge in [0, 0.05) is 12.6 Å². The van der Waals surface area contributed by atoms with E-state index >= 15 is 0 Å². The van der Waals surface area contributed by atoms with Gasteiger partial charge >= 0.3 is 0 Å². The van der Waals surface area contributed by atoms with Crippen molar-refractivity contribution in [3.63, 3.8) is 0 Å². The first-order valence-electron chi connectivity index (χ1n) is 9.14. The number of benzene rings is 1. The van der Waals surface area contributed by atoms with Crippen molar-refractivity contribution in [2.24, 2.45) is 0 Å². The number of amides is 1. The van der Waals surface area contributed by atoms with Crippen LogP contribution in [0, 0.1) is 0 Å². The second-order valence-electron chi connectivity index (χ2n) is 6.35. The first-order valence-corrected chi connectivity index (χ1v) is 10.1. The highest BCUT2D eigenvalue weighted by atomic mass is 32.2. The fraction of sp³-hybridized carbons (Fsp3) is 0.526. The molecule has 142 valence electrons. The van der Waals surface area contributed by atoms with E-state index in [0.717, 1.165) is 18.2 Å². The Balaban J connectivity index is 1.93. The number of carbonyl (C=O) groups excluding carboxylic acids is 1. The molecule has 26 heavy (non-hydrogen) atoms. The summed E-state index contributed by atoms with van der Waals surface area (Å²) >= 11 is 1.42. The number of nitrogens with one attached hydrogen (secondary N) is 1. The third-order valence-electron chi connectivity index (χ3n) is 4.36. The van der Waals surface area contributed by atoms with Gasteiger partial charge in [0.05, 0.1) is 11.8 Å². The normalized spacial score (nSPS) is 12.5. The molecule has 1 atom stereocenters. The van der Waals surface area contributed by atoms with Crippen molar-refractivity contribution in [3.05, 3.63) is 42.2 Å². The number of thioether (sulfide) groups is 1. The SMILES string of the molecule is CCN(CC)C(CNC(=O)CSc1nncn1C(C)C)c1ccccc1. The zero-order valence-electron chi connectivity index (χ0n) is 16.1. The minimum Gasteiger partial charge on any atom is -0.353 e. The highest BCUT2D eigenvalue weighted by Crippen LogP contribution is 2.20. The van der Waals surface area contributed by atoms with Crippen LogP contribution in [0.3, 0.4) is 0 Å². The molecule has 0 bridgehead atoms. The van der Waals surface area contributed by atoms with Crippen LogP contribution in [0.4, 0.5) is 0 Å². The molecule has 0 aliphatic rings. The highest BCUT2D eigenvalue weighted by molar-refractivity contribution is 7.99. The molecule has 1 aromatic heterocycles. The lowest BCUT2D eigenvalue weighted by molar-refractivity contribution is -0.118. The van der Waals surface area contributed by atoms with Crippen LogP contribution in [-0.2, 0) is 4.79 Å². The van der Waals surface area contributed by atoms with Crippen LogP contribution >= 0.6 is 11.8 Å². The Morgan fingerprint density at radius 3 is 2.54 bits per heavy atom. The molecule has 1 heterocycles. The summed E-state index contributed by atoms with van der Waals surface area (Å²) in [7, 11) is 0. The molecule has 0 saturated carbocycles. The van der Waals surface area contributed by atoms with Gasteiger partial charge in [-0.2, -0.15) is 0 Å². The molecule has 0 aliphatic carbocycles. The summed E-state index contributed by atoms with van der Waals surface area (Å²) < 4.78 is 1.97. The number of hydrogen-bond acceptors (Lipinski definition) is 5. The number of nitrogens with zero attached hydrogens (tertiary/aromatic N) is 4. The predicted octanol–water partition coefficient (Wildman–Crippen LogP) is 3.15. The molecule has 6 nitrogen and oxygen atoms in total. The fourth-order valence-electron chi connectivity index (χ4n) is 2.88. The van der Waals surface area contributed by atoms with Crippen molar-refractivity contribution in [2.75, 3.05) is 25.4 Å². The highest BCUT2D eigenvalue weighted by Gasteiger charge is 2.19. The Bertz CT molecular complexity index is 670. The fourth-order valence-corrected chi connectivity index (χ4v) is 3.75. The first kappa shape index (κ1) is 20.5. The van der Waals surface area contributed by atoms with Crippen LogP contribution in [0.25, 0.3) is 0 Å². The van der Waals surface area contributed by atoms with Crippen LogP contribution < -0.4 is 5.32 Å². The van der Waals surface area contributed by atoms with Crippen molar-refractivity contribution >= 4 is 17.7 Å². The Labute approximate surface area is 160 Å². The monoisotopic (exact) mass is 375 g/mol. The van der Waals surface area contributed by atoms with Crippen LogP contribution in [0.2, 0.25) is 0 Å². The lowest BCUT2D eigenvalue weighted by atomic mass is 10.1. The third kappa shape index (κ3) is 5.57. The summed E-state index contributed by atoms with van der Waals surface area (Å²) in [6.45, 7) is 10.9. The minimum atomic E-state index is 0.0152. The smallest absolute Gasteiger partial charge is 0.230 e. The average molecular weight is 376 g/mol. The van der Waals surface area contributed by atoms with Crippen LogP contribution in [0.15, 0.2) is 41.8 Å². The molecule has 0 fully saturated rings. The van der Waals surface area contributed by atoms with Gasteiger partial charge in [-0.1, -0.05) is 55.9 Å². The zero-order valence-corrected chi connectivity index (χ0v) is 16.9. The van der Waals surface area contributed by atoms with Gasteiger partial charge in [-0.15, -0.1) is 10.2 Å². The van der Waals surface area contributed by atoms with Crippen molar-refractivity contribution in [3.8, 4) is 0 Å². The summed E-state index contributed by atoms with van der Waals surface area (Å²) in [5.74, 6) is 0.354. The lowest BCUT2D eigenvalue weighted by Gasteiger charge is -2.30. The zero-order chi connectivity index (χ0) is 18.9. The molecule has 2 aromatic rings. The Morgan fingerprint density at radius 1 is 1.23 bits per heavy atom. The summed E-state index contributed by atoms with van der Waals surface area (Å²) in [5, 5.41) is 11.9. The van der Waals surface area contributed by atoms with E-state index < -0.39 is 0 Å². The van der Waals surface area contributed by atoms with E-state index in [2.05, 4.69) is 60.2 Å². The number of rotatable bonds is 10. The van der Waals surface area contributed by atoms with Gasteiger partial charge in [0.2, 0.25) is 5.91 Å². The maximum absolute atomic E-state index is 12.3. The summed E-state index contributed by atoms with van der Waals surface area (Å²) in [5.41, 5.74) is 1.23. The maximum Gasteiger partial charge on any atom is 0.230 e. The molecule has 1 amide bonds. The molecule has 0 spiro atoms. The van der Waals surface area contributed by atoms with E-state index in [1.807, 2.05) is 22.8 Å². The molecular weight excluding hydrogens is 346 g/mol. The Kier molecular flexibility index (Phi) is 8.12. The quantitative estimate of drug-likeness (QED) is 0.646. The van der Waals surface area contributed by atoms with Gasteiger partial charge in [-0.05, 0) is 32.5 Å². The average Bonchev–Trinajstić information content (AvgIpc) is 3.13. The number of likely N-dealkylation sites (N-methyl/N-ethyl adjacent to an activating group) is 1. The van der Waals surface area contributed by atoms with E-state index in [1.165, 1.54) is 17.3 Å². The molecule has 1 N–H and O–H groups in total.